The molecule has 32 heavy (non-hydrogen) atoms. The van der Waals surface area contributed by atoms with Gasteiger partial charge in [-0.25, -0.2) is 0 Å². The minimum atomic E-state index is -0.925. The molecule has 4 rings (SSSR count). The second-order valence-corrected chi connectivity index (χ2v) is 9.30. The number of benzene rings is 2. The first-order chi connectivity index (χ1) is 15.2. The van der Waals surface area contributed by atoms with E-state index in [1.165, 1.54) is 0 Å². The van der Waals surface area contributed by atoms with Gasteiger partial charge in [0.15, 0.2) is 10.8 Å². The quantitative estimate of drug-likeness (QED) is 0.504. The maximum Gasteiger partial charge on any atom is 0.236 e. The number of hydrogen-bond donors (Lipinski definition) is 2. The first-order valence-electron chi connectivity index (χ1n) is 11.0. The van der Waals surface area contributed by atoms with Crippen molar-refractivity contribution < 1.29 is 14.3 Å². The Bertz CT molecular complexity index is 1060. The van der Waals surface area contributed by atoms with Crippen LogP contribution in [0.2, 0.25) is 0 Å². The molecule has 7 heteroatoms. The van der Waals surface area contributed by atoms with E-state index < -0.39 is 11.6 Å². The average Bonchev–Trinajstić information content (AvgIpc) is 2.73. The Hall–Kier alpha value is -2.64. The molecule has 2 N–H and O–H groups in total. The van der Waals surface area contributed by atoms with Gasteiger partial charge in [-0.3, -0.25) is 4.79 Å². The van der Waals surface area contributed by atoms with Crippen LogP contribution in [-0.4, -0.2) is 41.9 Å². The zero-order valence-electron chi connectivity index (χ0n) is 19.3. The van der Waals surface area contributed by atoms with E-state index in [1.54, 1.807) is 7.11 Å². The van der Waals surface area contributed by atoms with Crippen molar-refractivity contribution in [3.63, 3.8) is 0 Å². The van der Waals surface area contributed by atoms with E-state index in [2.05, 4.69) is 22.8 Å². The number of methoxy groups -OCH3 is 1. The fourth-order valence-corrected chi connectivity index (χ4v) is 5.22. The number of thiocarbonyl (C=S) groups is 1. The van der Waals surface area contributed by atoms with Crippen molar-refractivity contribution in [2.75, 3.05) is 25.6 Å². The number of carbonyl (C=O) groups excluding carboxylic acids is 1. The normalized spacial score (nSPS) is 23.8. The minimum Gasteiger partial charge on any atom is -0.467 e. The average molecular weight is 454 g/mol. The summed E-state index contributed by atoms with van der Waals surface area (Å²) in [6.45, 7) is 9.28. The topological polar surface area (TPSA) is 62.8 Å². The monoisotopic (exact) mass is 453 g/mol. The van der Waals surface area contributed by atoms with Gasteiger partial charge in [-0.05, 0) is 64.0 Å². The van der Waals surface area contributed by atoms with Crippen molar-refractivity contribution in [2.45, 2.75) is 45.9 Å². The highest BCUT2D eigenvalue weighted by atomic mass is 32.1. The molecule has 2 aliphatic rings. The predicted molar refractivity (Wildman–Crippen MR) is 130 cm³/mol. The number of amides is 1. The standard InChI is InChI=1S/C25H31N3O3S/c1-15-7-9-19(17(3)13-15)26-23(29)21-22-18-14-16(2)8-10-20(18)31-25(21,4)28(24(32)27-22)11-6-12-30-5/h7-10,13-14,21-22H,6,11-12H2,1-5H3,(H,26,29)(H,27,32)/t21-,22+,25+/m1/s1. The van der Waals surface area contributed by atoms with Crippen LogP contribution < -0.4 is 15.4 Å². The molecule has 2 bridgehead atoms. The van der Waals surface area contributed by atoms with Gasteiger partial charge in [-0.15, -0.1) is 0 Å². The van der Waals surface area contributed by atoms with Gasteiger partial charge in [0.2, 0.25) is 5.91 Å². The van der Waals surface area contributed by atoms with E-state index >= 15 is 0 Å². The van der Waals surface area contributed by atoms with Crippen LogP contribution in [0.5, 0.6) is 5.75 Å². The third-order valence-electron chi connectivity index (χ3n) is 6.44. The summed E-state index contributed by atoms with van der Waals surface area (Å²) >= 11 is 5.73. The molecule has 0 spiro atoms. The number of anilines is 1. The Labute approximate surface area is 195 Å². The SMILES string of the molecule is COCCCN1C(=S)N[C@H]2c3cc(C)ccc3O[C@@]1(C)[C@H]2C(=O)Nc1ccc(C)cc1C. The molecule has 1 fully saturated rings. The second-order valence-electron chi connectivity index (χ2n) is 8.91. The van der Waals surface area contributed by atoms with Gasteiger partial charge in [-0.2, -0.15) is 0 Å². The predicted octanol–water partition coefficient (Wildman–Crippen LogP) is 4.24. The number of hydrogen-bond acceptors (Lipinski definition) is 4. The highest BCUT2D eigenvalue weighted by Crippen LogP contribution is 2.48. The minimum absolute atomic E-state index is 0.0941. The van der Waals surface area contributed by atoms with Gasteiger partial charge in [0.05, 0.1) is 6.04 Å². The van der Waals surface area contributed by atoms with E-state index in [-0.39, 0.29) is 11.9 Å². The maximum atomic E-state index is 13.8. The summed E-state index contributed by atoms with van der Waals surface area (Å²) in [7, 11) is 1.68. The largest absolute Gasteiger partial charge is 0.467 e. The summed E-state index contributed by atoms with van der Waals surface area (Å²) in [5.41, 5.74) is 4.15. The Morgan fingerprint density at radius 1 is 1.22 bits per heavy atom. The molecule has 2 heterocycles. The zero-order valence-corrected chi connectivity index (χ0v) is 20.1. The lowest BCUT2D eigenvalue weighted by Gasteiger charge is -2.56. The molecule has 0 aliphatic carbocycles. The van der Waals surface area contributed by atoms with Crippen LogP contribution in [0.3, 0.4) is 0 Å². The van der Waals surface area contributed by atoms with Crippen LogP contribution >= 0.6 is 12.2 Å². The molecule has 1 saturated heterocycles. The molecule has 2 aliphatic heterocycles. The number of rotatable bonds is 6. The Morgan fingerprint density at radius 3 is 2.66 bits per heavy atom. The number of aryl methyl sites for hydroxylation is 3. The molecule has 3 atom stereocenters. The summed E-state index contributed by atoms with van der Waals surface area (Å²) in [5.74, 6) is 0.181. The molecule has 1 amide bonds. The van der Waals surface area contributed by atoms with Crippen molar-refractivity contribution in [2.24, 2.45) is 5.92 Å². The van der Waals surface area contributed by atoms with E-state index in [0.29, 0.717) is 18.3 Å². The fourth-order valence-electron chi connectivity index (χ4n) is 4.82. The number of nitrogens with one attached hydrogen (secondary N) is 2. The lowest BCUT2D eigenvalue weighted by Crippen LogP contribution is -2.71. The number of carbonyl (C=O) groups is 1. The van der Waals surface area contributed by atoms with Crippen molar-refractivity contribution in [3.05, 3.63) is 58.7 Å². The van der Waals surface area contributed by atoms with E-state index in [0.717, 1.165) is 40.1 Å². The first kappa shape index (κ1) is 22.6. The number of nitrogens with zero attached hydrogens (tertiary/aromatic N) is 1. The number of fused-ring (bicyclic) bond motifs is 4. The van der Waals surface area contributed by atoms with Gasteiger partial charge in [0, 0.05) is 31.5 Å². The van der Waals surface area contributed by atoms with Gasteiger partial charge in [-0.1, -0.05) is 35.4 Å². The third-order valence-corrected chi connectivity index (χ3v) is 6.78. The summed E-state index contributed by atoms with van der Waals surface area (Å²) in [6, 6.07) is 11.8. The molecule has 0 aromatic heterocycles. The molecule has 2 aromatic rings. The van der Waals surface area contributed by atoms with Gasteiger partial charge in [0.25, 0.3) is 0 Å². The number of ether oxygens (including phenoxy) is 2. The van der Waals surface area contributed by atoms with Crippen LogP contribution in [-0.2, 0) is 9.53 Å². The van der Waals surface area contributed by atoms with E-state index in [9.17, 15) is 4.79 Å². The van der Waals surface area contributed by atoms with Crippen molar-refractivity contribution >= 4 is 28.9 Å². The van der Waals surface area contributed by atoms with Gasteiger partial charge < -0.3 is 25.0 Å². The molecular formula is C25H31N3O3S. The molecule has 6 nitrogen and oxygen atoms in total. The highest BCUT2D eigenvalue weighted by Gasteiger charge is 2.58. The molecule has 0 radical (unpaired) electrons. The summed E-state index contributed by atoms with van der Waals surface area (Å²) in [6.07, 6.45) is 0.772. The Morgan fingerprint density at radius 2 is 1.94 bits per heavy atom. The van der Waals surface area contributed by atoms with Crippen LogP contribution in [0.4, 0.5) is 5.69 Å². The van der Waals surface area contributed by atoms with Crippen molar-refractivity contribution in [1.29, 1.82) is 0 Å². The second kappa shape index (κ2) is 8.71. The summed E-state index contributed by atoms with van der Waals surface area (Å²) in [4.78, 5) is 15.8. The highest BCUT2D eigenvalue weighted by molar-refractivity contribution is 7.80. The summed E-state index contributed by atoms with van der Waals surface area (Å²) < 4.78 is 11.8. The van der Waals surface area contributed by atoms with E-state index in [4.69, 9.17) is 21.7 Å². The third kappa shape index (κ3) is 3.95. The molecule has 2 aromatic carbocycles. The van der Waals surface area contributed by atoms with Gasteiger partial charge in [0.1, 0.15) is 11.7 Å². The lowest BCUT2D eigenvalue weighted by atomic mass is 9.78. The Kier molecular flexibility index (Phi) is 6.14. The van der Waals surface area contributed by atoms with Crippen LogP contribution in [0, 0.1) is 26.7 Å². The van der Waals surface area contributed by atoms with Crippen LogP contribution in [0.1, 0.15) is 41.6 Å². The van der Waals surface area contributed by atoms with Gasteiger partial charge >= 0.3 is 0 Å². The lowest BCUT2D eigenvalue weighted by molar-refractivity contribution is -0.149. The van der Waals surface area contributed by atoms with Crippen molar-refractivity contribution in [1.82, 2.24) is 10.2 Å². The molecular weight excluding hydrogens is 422 g/mol. The van der Waals surface area contributed by atoms with Crippen LogP contribution in [0.15, 0.2) is 36.4 Å². The summed E-state index contributed by atoms with van der Waals surface area (Å²) in [5, 5.41) is 7.20. The maximum absolute atomic E-state index is 13.8. The zero-order chi connectivity index (χ0) is 23.0. The molecule has 0 saturated carbocycles. The Balaban J connectivity index is 1.74. The first-order valence-corrected chi connectivity index (χ1v) is 11.4. The van der Waals surface area contributed by atoms with Crippen molar-refractivity contribution in [3.8, 4) is 5.75 Å². The fraction of sp³-hybridized carbons (Fsp3) is 0.440. The molecule has 0 unspecified atom stereocenters. The van der Waals surface area contributed by atoms with E-state index in [1.807, 2.05) is 56.9 Å². The molecule has 170 valence electrons. The smallest absolute Gasteiger partial charge is 0.236 e. The van der Waals surface area contributed by atoms with Crippen LogP contribution in [0.25, 0.3) is 0 Å².